The molecule has 5 heteroatoms. The third-order valence-electron chi connectivity index (χ3n) is 2.67. The molecule has 1 aromatic rings. The lowest BCUT2D eigenvalue weighted by atomic mass is 10.1. The lowest BCUT2D eigenvalue weighted by Gasteiger charge is -2.15. The fourth-order valence-electron chi connectivity index (χ4n) is 1.78. The quantitative estimate of drug-likeness (QED) is 0.862. The zero-order valence-electron chi connectivity index (χ0n) is 8.39. The molecule has 2 heterocycles. The molecule has 2 rings (SSSR count). The van der Waals surface area contributed by atoms with Crippen molar-refractivity contribution in [1.29, 1.82) is 0 Å². The smallest absolute Gasteiger partial charge is 0.254 e. The maximum atomic E-state index is 11.9. The van der Waals surface area contributed by atoms with Crippen LogP contribution in [0.2, 0.25) is 0 Å². The van der Waals surface area contributed by atoms with Gasteiger partial charge >= 0.3 is 0 Å². The van der Waals surface area contributed by atoms with Crippen molar-refractivity contribution in [3.63, 3.8) is 0 Å². The van der Waals surface area contributed by atoms with Crippen molar-refractivity contribution >= 4 is 29.7 Å². The summed E-state index contributed by atoms with van der Waals surface area (Å²) in [5, 5.41) is 3.84. The first kappa shape index (κ1) is 12.5. The van der Waals surface area contributed by atoms with Crippen molar-refractivity contribution in [2.45, 2.75) is 6.42 Å². The fraction of sp³-hybridized carbons (Fsp3) is 0.500. The Kier molecular flexibility index (Phi) is 4.57. The van der Waals surface area contributed by atoms with Crippen LogP contribution in [0.15, 0.2) is 16.8 Å². The predicted molar refractivity (Wildman–Crippen MR) is 64.6 cm³/mol. The zero-order chi connectivity index (χ0) is 9.97. The van der Waals surface area contributed by atoms with Gasteiger partial charge < -0.3 is 10.6 Å². The molecule has 1 fully saturated rings. The number of amides is 1. The molecule has 84 valence electrons. The maximum absolute atomic E-state index is 11.9. The van der Waals surface area contributed by atoms with Gasteiger partial charge in [0.1, 0.15) is 0 Å². The second kappa shape index (κ2) is 5.49. The molecule has 1 aliphatic rings. The number of hydrogen-bond donors (Lipinski definition) is 1. The minimum absolute atomic E-state index is 0. The summed E-state index contributed by atoms with van der Waals surface area (Å²) < 4.78 is 0. The van der Waals surface area contributed by atoms with E-state index in [0.717, 1.165) is 25.1 Å². The Morgan fingerprint density at radius 2 is 2.47 bits per heavy atom. The van der Waals surface area contributed by atoms with E-state index >= 15 is 0 Å². The molecule has 0 bridgehead atoms. The van der Waals surface area contributed by atoms with Gasteiger partial charge in [-0.1, -0.05) is 0 Å². The predicted octanol–water partition coefficient (Wildman–Crippen LogP) is 1.59. The van der Waals surface area contributed by atoms with Gasteiger partial charge in [0.15, 0.2) is 0 Å². The van der Waals surface area contributed by atoms with Crippen LogP contribution in [0.4, 0.5) is 0 Å². The van der Waals surface area contributed by atoms with Crippen LogP contribution in [-0.2, 0) is 0 Å². The van der Waals surface area contributed by atoms with Gasteiger partial charge in [-0.25, -0.2) is 0 Å². The minimum atomic E-state index is 0. The number of carbonyl (C=O) groups excluding carboxylic acids is 1. The van der Waals surface area contributed by atoms with Crippen molar-refractivity contribution in [2.24, 2.45) is 11.7 Å². The number of rotatable bonds is 2. The highest BCUT2D eigenvalue weighted by atomic mass is 35.5. The average Bonchev–Trinajstić information content (AvgIpc) is 2.88. The molecule has 0 aromatic carbocycles. The molecule has 0 spiro atoms. The van der Waals surface area contributed by atoms with Gasteiger partial charge in [0.25, 0.3) is 5.91 Å². The van der Waals surface area contributed by atoms with Crippen LogP contribution < -0.4 is 5.73 Å². The topological polar surface area (TPSA) is 46.3 Å². The summed E-state index contributed by atoms with van der Waals surface area (Å²) in [7, 11) is 0. The number of thiophene rings is 1. The Hall–Kier alpha value is -0.580. The highest BCUT2D eigenvalue weighted by molar-refractivity contribution is 7.08. The van der Waals surface area contributed by atoms with Crippen molar-refractivity contribution < 1.29 is 4.79 Å². The molecule has 0 aliphatic carbocycles. The van der Waals surface area contributed by atoms with Gasteiger partial charge in [-0.3, -0.25) is 4.79 Å². The van der Waals surface area contributed by atoms with Crippen molar-refractivity contribution in [3.05, 3.63) is 22.4 Å². The van der Waals surface area contributed by atoms with Gasteiger partial charge in [0.2, 0.25) is 0 Å². The molecule has 0 saturated carbocycles. The van der Waals surface area contributed by atoms with Crippen molar-refractivity contribution in [2.75, 3.05) is 19.6 Å². The largest absolute Gasteiger partial charge is 0.338 e. The highest BCUT2D eigenvalue weighted by Crippen LogP contribution is 2.18. The van der Waals surface area contributed by atoms with E-state index in [1.54, 1.807) is 11.3 Å². The third-order valence-corrected chi connectivity index (χ3v) is 3.36. The Balaban J connectivity index is 0.00000112. The van der Waals surface area contributed by atoms with Crippen LogP contribution in [0.3, 0.4) is 0 Å². The van der Waals surface area contributed by atoms with E-state index in [1.807, 2.05) is 21.7 Å². The molecule has 1 aliphatic heterocycles. The fourth-order valence-corrected chi connectivity index (χ4v) is 2.41. The monoisotopic (exact) mass is 246 g/mol. The number of nitrogens with two attached hydrogens (primary N) is 1. The summed E-state index contributed by atoms with van der Waals surface area (Å²) in [6, 6.07) is 1.88. The number of carbonyl (C=O) groups is 1. The summed E-state index contributed by atoms with van der Waals surface area (Å²) in [5.41, 5.74) is 6.39. The molecule has 1 unspecified atom stereocenters. The van der Waals surface area contributed by atoms with Gasteiger partial charge in [-0.05, 0) is 30.3 Å². The summed E-state index contributed by atoms with van der Waals surface area (Å²) in [4.78, 5) is 13.8. The van der Waals surface area contributed by atoms with Crippen molar-refractivity contribution in [3.8, 4) is 0 Å². The van der Waals surface area contributed by atoms with Crippen LogP contribution in [0.1, 0.15) is 16.8 Å². The summed E-state index contributed by atoms with van der Waals surface area (Å²) >= 11 is 1.56. The normalized spacial score (nSPS) is 20.1. The molecule has 3 nitrogen and oxygen atoms in total. The molecule has 0 radical (unpaired) electrons. The Morgan fingerprint density at radius 3 is 3.00 bits per heavy atom. The first-order valence-corrected chi connectivity index (χ1v) is 5.77. The van der Waals surface area contributed by atoms with Gasteiger partial charge in [0.05, 0.1) is 5.56 Å². The molecular weight excluding hydrogens is 232 g/mol. The van der Waals surface area contributed by atoms with Crippen LogP contribution in [0.5, 0.6) is 0 Å². The van der Waals surface area contributed by atoms with Crippen LogP contribution in [0.25, 0.3) is 0 Å². The molecule has 1 aromatic heterocycles. The lowest BCUT2D eigenvalue weighted by molar-refractivity contribution is 0.0788. The number of likely N-dealkylation sites (tertiary alicyclic amines) is 1. The number of halogens is 1. The van der Waals surface area contributed by atoms with Gasteiger partial charge in [0, 0.05) is 18.5 Å². The zero-order valence-corrected chi connectivity index (χ0v) is 10.0. The van der Waals surface area contributed by atoms with E-state index in [0.29, 0.717) is 12.5 Å². The Bertz CT molecular complexity index is 315. The molecule has 1 saturated heterocycles. The van der Waals surface area contributed by atoms with E-state index in [1.165, 1.54) is 0 Å². The molecule has 2 N–H and O–H groups in total. The Morgan fingerprint density at radius 1 is 1.67 bits per heavy atom. The van der Waals surface area contributed by atoms with Crippen LogP contribution in [0, 0.1) is 5.92 Å². The maximum Gasteiger partial charge on any atom is 0.254 e. The second-order valence-corrected chi connectivity index (χ2v) is 4.43. The van der Waals surface area contributed by atoms with Gasteiger partial charge in [-0.2, -0.15) is 11.3 Å². The molecule has 15 heavy (non-hydrogen) atoms. The van der Waals surface area contributed by atoms with Crippen LogP contribution >= 0.6 is 23.7 Å². The van der Waals surface area contributed by atoms with E-state index in [-0.39, 0.29) is 18.3 Å². The summed E-state index contributed by atoms with van der Waals surface area (Å²) in [6.07, 6.45) is 1.05. The van der Waals surface area contributed by atoms with E-state index in [9.17, 15) is 4.79 Å². The number of nitrogens with zero attached hydrogens (tertiary/aromatic N) is 1. The Labute approximate surface area is 99.7 Å². The lowest BCUT2D eigenvalue weighted by Crippen LogP contribution is -2.29. The molecule has 1 atom stereocenters. The molecule has 1 amide bonds. The standard InChI is InChI=1S/C10H14N2OS.ClH/c11-5-8-1-3-12(6-8)10(13)9-2-4-14-7-9;/h2,4,7-8H,1,3,5-6,11H2;1H. The van der Waals surface area contributed by atoms with Crippen molar-refractivity contribution in [1.82, 2.24) is 4.90 Å². The van der Waals surface area contributed by atoms with E-state index in [4.69, 9.17) is 5.73 Å². The van der Waals surface area contributed by atoms with E-state index < -0.39 is 0 Å². The second-order valence-electron chi connectivity index (χ2n) is 3.65. The summed E-state index contributed by atoms with van der Waals surface area (Å²) in [5.74, 6) is 0.653. The third kappa shape index (κ3) is 2.71. The number of hydrogen-bond acceptors (Lipinski definition) is 3. The average molecular weight is 247 g/mol. The first-order valence-electron chi connectivity index (χ1n) is 4.83. The first-order chi connectivity index (χ1) is 6.81. The molecular formula is C10H15ClN2OS. The minimum Gasteiger partial charge on any atom is -0.338 e. The highest BCUT2D eigenvalue weighted by Gasteiger charge is 2.25. The van der Waals surface area contributed by atoms with Gasteiger partial charge in [-0.15, -0.1) is 12.4 Å². The van der Waals surface area contributed by atoms with Crippen LogP contribution in [-0.4, -0.2) is 30.4 Å². The van der Waals surface area contributed by atoms with E-state index in [2.05, 4.69) is 0 Å². The SMILES string of the molecule is Cl.NCC1CCN(C(=O)c2ccsc2)C1. The summed E-state index contributed by atoms with van der Waals surface area (Å²) in [6.45, 7) is 2.37.